The second-order valence-electron chi connectivity index (χ2n) is 5.04. The minimum absolute atomic E-state index is 0.0167. The van der Waals surface area contributed by atoms with Gasteiger partial charge in [0.15, 0.2) is 11.5 Å². The summed E-state index contributed by atoms with van der Waals surface area (Å²) in [6.45, 7) is 3.91. The average molecular weight is 317 g/mol. The molecule has 122 valence electrons. The van der Waals surface area contributed by atoms with Gasteiger partial charge in [0.05, 0.1) is 18.6 Å². The Kier molecular flexibility index (Phi) is 5.35. The van der Waals surface area contributed by atoms with Crippen LogP contribution < -0.4 is 14.8 Å². The lowest BCUT2D eigenvalue weighted by Gasteiger charge is -2.17. The second-order valence-corrected chi connectivity index (χ2v) is 5.04. The zero-order valence-electron chi connectivity index (χ0n) is 13.3. The standard InChI is InChI=1S/C16H19N3O4/c1-11-8-9-17-16(15(11)19(20)21)18-10-12(2)23-14-7-5-4-6-13(14)22-3/h4-9,12H,10H2,1-3H3,(H,17,18). The lowest BCUT2D eigenvalue weighted by molar-refractivity contribution is -0.384. The first kappa shape index (κ1) is 16.5. The zero-order chi connectivity index (χ0) is 16.8. The number of hydrogen-bond donors (Lipinski definition) is 1. The molecule has 0 spiro atoms. The summed E-state index contributed by atoms with van der Waals surface area (Å²) in [6.07, 6.45) is 1.31. The first-order chi connectivity index (χ1) is 11.0. The first-order valence-corrected chi connectivity index (χ1v) is 7.16. The van der Waals surface area contributed by atoms with E-state index < -0.39 is 4.92 Å². The third kappa shape index (κ3) is 4.09. The number of pyridine rings is 1. The fraction of sp³-hybridized carbons (Fsp3) is 0.312. The number of aryl methyl sites for hydroxylation is 1. The van der Waals surface area contributed by atoms with Crippen molar-refractivity contribution < 1.29 is 14.4 Å². The predicted molar refractivity (Wildman–Crippen MR) is 87.2 cm³/mol. The van der Waals surface area contributed by atoms with Crippen molar-refractivity contribution in [1.29, 1.82) is 0 Å². The van der Waals surface area contributed by atoms with Crippen LogP contribution in [-0.4, -0.2) is 29.7 Å². The SMILES string of the molecule is COc1ccccc1OC(C)CNc1nccc(C)c1[N+](=O)[O-]. The molecule has 1 aromatic carbocycles. The van der Waals surface area contributed by atoms with Gasteiger partial charge in [-0.25, -0.2) is 4.98 Å². The van der Waals surface area contributed by atoms with Gasteiger partial charge in [0, 0.05) is 11.8 Å². The quantitative estimate of drug-likeness (QED) is 0.623. The number of nitrogens with zero attached hydrogens (tertiary/aromatic N) is 2. The van der Waals surface area contributed by atoms with Gasteiger partial charge in [-0.05, 0) is 32.0 Å². The average Bonchev–Trinajstić information content (AvgIpc) is 2.53. The zero-order valence-corrected chi connectivity index (χ0v) is 13.3. The minimum Gasteiger partial charge on any atom is -0.493 e. The van der Waals surface area contributed by atoms with E-state index in [4.69, 9.17) is 9.47 Å². The Morgan fingerprint density at radius 2 is 2.00 bits per heavy atom. The Labute approximate surface area is 134 Å². The Balaban J connectivity index is 2.04. The third-order valence-corrected chi connectivity index (χ3v) is 3.26. The molecule has 0 aliphatic rings. The van der Waals surface area contributed by atoms with Crippen molar-refractivity contribution in [3.05, 3.63) is 52.2 Å². The fourth-order valence-corrected chi connectivity index (χ4v) is 2.13. The molecule has 0 aliphatic heterocycles. The molecule has 0 aliphatic carbocycles. The summed E-state index contributed by atoms with van der Waals surface area (Å²) in [5.41, 5.74) is 0.544. The highest BCUT2D eigenvalue weighted by atomic mass is 16.6. The number of aromatic nitrogens is 1. The van der Waals surface area contributed by atoms with Crippen molar-refractivity contribution >= 4 is 11.5 Å². The Morgan fingerprint density at radius 1 is 1.30 bits per heavy atom. The van der Waals surface area contributed by atoms with Crippen molar-refractivity contribution in [1.82, 2.24) is 4.98 Å². The van der Waals surface area contributed by atoms with Crippen LogP contribution >= 0.6 is 0 Å². The van der Waals surface area contributed by atoms with Crippen molar-refractivity contribution in [3.63, 3.8) is 0 Å². The number of nitrogens with one attached hydrogen (secondary N) is 1. The van der Waals surface area contributed by atoms with Crippen molar-refractivity contribution in [2.45, 2.75) is 20.0 Å². The molecule has 1 heterocycles. The number of para-hydroxylation sites is 2. The maximum atomic E-state index is 11.1. The van der Waals surface area contributed by atoms with Gasteiger partial charge < -0.3 is 14.8 Å². The van der Waals surface area contributed by atoms with E-state index in [9.17, 15) is 10.1 Å². The molecule has 7 heteroatoms. The molecule has 0 saturated heterocycles. The molecule has 0 fully saturated rings. The summed E-state index contributed by atoms with van der Waals surface area (Å²) in [5.74, 6) is 1.50. The van der Waals surface area contributed by atoms with E-state index in [-0.39, 0.29) is 17.6 Å². The maximum absolute atomic E-state index is 11.1. The van der Waals surface area contributed by atoms with Crippen molar-refractivity contribution in [3.8, 4) is 11.5 Å². The Bertz CT molecular complexity index is 691. The predicted octanol–water partition coefficient (Wildman–Crippen LogP) is 3.19. The van der Waals surface area contributed by atoms with E-state index in [1.54, 1.807) is 20.1 Å². The summed E-state index contributed by atoms with van der Waals surface area (Å²) >= 11 is 0. The van der Waals surface area contributed by atoms with Gasteiger partial charge in [-0.1, -0.05) is 12.1 Å². The van der Waals surface area contributed by atoms with Gasteiger partial charge in [-0.2, -0.15) is 0 Å². The van der Waals surface area contributed by atoms with Gasteiger partial charge >= 0.3 is 5.69 Å². The molecule has 0 amide bonds. The van der Waals surface area contributed by atoms with Crippen LogP contribution in [0.3, 0.4) is 0 Å². The molecular weight excluding hydrogens is 298 g/mol. The molecule has 2 aromatic rings. The summed E-state index contributed by atoms with van der Waals surface area (Å²) in [4.78, 5) is 14.7. The van der Waals surface area contributed by atoms with Gasteiger partial charge in [0.2, 0.25) is 5.82 Å². The van der Waals surface area contributed by atoms with Gasteiger partial charge in [0.25, 0.3) is 0 Å². The first-order valence-electron chi connectivity index (χ1n) is 7.16. The van der Waals surface area contributed by atoms with Crippen LogP contribution in [0, 0.1) is 17.0 Å². The fourth-order valence-electron chi connectivity index (χ4n) is 2.13. The van der Waals surface area contributed by atoms with Crippen molar-refractivity contribution in [2.24, 2.45) is 0 Å². The molecule has 1 N–H and O–H groups in total. The summed E-state index contributed by atoms with van der Waals surface area (Å²) in [7, 11) is 1.57. The van der Waals surface area contributed by atoms with Gasteiger partial charge in [0.1, 0.15) is 6.10 Å². The largest absolute Gasteiger partial charge is 0.493 e. The Hall–Kier alpha value is -2.83. The third-order valence-electron chi connectivity index (χ3n) is 3.26. The molecular formula is C16H19N3O4. The van der Waals surface area contributed by atoms with Crippen LogP contribution in [0.1, 0.15) is 12.5 Å². The topological polar surface area (TPSA) is 86.5 Å². The highest BCUT2D eigenvalue weighted by Gasteiger charge is 2.19. The molecule has 1 aromatic heterocycles. The summed E-state index contributed by atoms with van der Waals surface area (Å²) in [5, 5.41) is 14.1. The van der Waals surface area contributed by atoms with E-state index >= 15 is 0 Å². The molecule has 1 unspecified atom stereocenters. The van der Waals surface area contributed by atoms with E-state index in [0.717, 1.165) is 0 Å². The highest BCUT2D eigenvalue weighted by molar-refractivity contribution is 5.59. The summed E-state index contributed by atoms with van der Waals surface area (Å²) in [6, 6.07) is 8.93. The Morgan fingerprint density at radius 3 is 2.65 bits per heavy atom. The molecule has 23 heavy (non-hydrogen) atoms. The maximum Gasteiger partial charge on any atom is 0.314 e. The van der Waals surface area contributed by atoms with Crippen LogP contribution in [0.4, 0.5) is 11.5 Å². The van der Waals surface area contributed by atoms with E-state index in [0.29, 0.717) is 23.6 Å². The molecule has 7 nitrogen and oxygen atoms in total. The number of benzene rings is 1. The highest BCUT2D eigenvalue weighted by Crippen LogP contribution is 2.28. The number of methoxy groups -OCH3 is 1. The molecule has 0 saturated carbocycles. The monoisotopic (exact) mass is 317 g/mol. The van der Waals surface area contributed by atoms with E-state index in [1.165, 1.54) is 6.20 Å². The van der Waals surface area contributed by atoms with Crippen molar-refractivity contribution in [2.75, 3.05) is 19.0 Å². The summed E-state index contributed by atoms with van der Waals surface area (Å²) < 4.78 is 11.0. The molecule has 0 bridgehead atoms. The lowest BCUT2D eigenvalue weighted by Crippen LogP contribution is -2.23. The van der Waals surface area contributed by atoms with Gasteiger partial charge in [-0.15, -0.1) is 0 Å². The van der Waals surface area contributed by atoms with Crippen LogP contribution in [0.15, 0.2) is 36.5 Å². The van der Waals surface area contributed by atoms with Crippen LogP contribution in [0.25, 0.3) is 0 Å². The number of rotatable bonds is 7. The van der Waals surface area contributed by atoms with Crippen LogP contribution in [0.5, 0.6) is 11.5 Å². The van der Waals surface area contributed by atoms with E-state index in [2.05, 4.69) is 10.3 Å². The van der Waals surface area contributed by atoms with E-state index in [1.807, 2.05) is 31.2 Å². The lowest BCUT2D eigenvalue weighted by atomic mass is 10.2. The van der Waals surface area contributed by atoms with Gasteiger partial charge in [-0.3, -0.25) is 10.1 Å². The molecule has 2 rings (SSSR count). The minimum atomic E-state index is -0.434. The normalized spacial score (nSPS) is 11.6. The van der Waals surface area contributed by atoms with Crippen LogP contribution in [0.2, 0.25) is 0 Å². The second kappa shape index (κ2) is 7.44. The molecule has 0 radical (unpaired) electrons. The number of hydrogen-bond acceptors (Lipinski definition) is 6. The number of nitro groups is 1. The van der Waals surface area contributed by atoms with Crippen LogP contribution in [-0.2, 0) is 0 Å². The smallest absolute Gasteiger partial charge is 0.314 e. The number of ether oxygens (including phenoxy) is 2. The number of anilines is 1. The molecule has 1 atom stereocenters.